The molecular weight excluding hydrogens is 474 g/mol. The monoisotopic (exact) mass is 500 g/mol. The molecule has 0 amide bonds. The first-order valence-corrected chi connectivity index (χ1v) is 9.25. The average molecular weight is 500 g/mol. The van der Waals surface area contributed by atoms with Crippen LogP contribution in [-0.4, -0.2) is 36.7 Å². The van der Waals surface area contributed by atoms with Gasteiger partial charge in [0.15, 0.2) is 5.96 Å². The normalized spacial score (nSPS) is 16.4. The molecule has 2 aromatic rings. The largest absolute Gasteiger partial charge is 0.439 e. The second-order valence-electron chi connectivity index (χ2n) is 6.24. The number of nitrogens with zero attached hydrogens (tertiary/aromatic N) is 2. The number of benzene rings is 1. The van der Waals surface area contributed by atoms with E-state index in [1.165, 1.54) is 12.1 Å². The number of pyridine rings is 1. The maximum atomic E-state index is 13.4. The molecule has 2 N–H and O–H groups in total. The van der Waals surface area contributed by atoms with Crippen molar-refractivity contribution in [2.45, 2.75) is 32.4 Å². The van der Waals surface area contributed by atoms with E-state index in [0.29, 0.717) is 24.1 Å². The van der Waals surface area contributed by atoms with Gasteiger partial charge in [-0.3, -0.25) is 0 Å². The Kier molecular flexibility index (Phi) is 9.42. The lowest BCUT2D eigenvalue weighted by atomic mass is 10.2. The summed E-state index contributed by atoms with van der Waals surface area (Å²) in [4.78, 5) is 8.87. The molecule has 1 aromatic heterocycles. The summed E-state index contributed by atoms with van der Waals surface area (Å²) in [7, 11) is 0. The first-order chi connectivity index (χ1) is 13.2. The van der Waals surface area contributed by atoms with Crippen molar-refractivity contribution in [2.75, 3.05) is 19.7 Å². The number of halogens is 2. The number of nitrogens with one attached hydrogen (secondary N) is 2. The van der Waals surface area contributed by atoms with Gasteiger partial charge < -0.3 is 20.1 Å². The number of hydrogen-bond acceptors (Lipinski definition) is 4. The summed E-state index contributed by atoms with van der Waals surface area (Å²) in [6, 6.07) is 9.72. The maximum absolute atomic E-state index is 13.4. The van der Waals surface area contributed by atoms with Crippen molar-refractivity contribution in [1.29, 1.82) is 0 Å². The molecule has 3 rings (SSSR count). The third kappa shape index (κ3) is 6.90. The summed E-state index contributed by atoms with van der Waals surface area (Å²) in [5, 5.41) is 6.54. The van der Waals surface area contributed by atoms with Crippen molar-refractivity contribution in [1.82, 2.24) is 15.6 Å². The number of ether oxygens (including phenoxy) is 2. The lowest BCUT2D eigenvalue weighted by molar-refractivity contribution is 0.114. The van der Waals surface area contributed by atoms with Gasteiger partial charge in [0.1, 0.15) is 11.6 Å². The fourth-order valence-corrected chi connectivity index (χ4v) is 2.80. The van der Waals surface area contributed by atoms with Gasteiger partial charge in [-0.1, -0.05) is 12.1 Å². The van der Waals surface area contributed by atoms with Gasteiger partial charge >= 0.3 is 0 Å². The molecule has 0 saturated carbocycles. The van der Waals surface area contributed by atoms with Gasteiger partial charge in [0.2, 0.25) is 5.88 Å². The molecule has 1 atom stereocenters. The lowest BCUT2D eigenvalue weighted by Gasteiger charge is -2.15. The van der Waals surface area contributed by atoms with Crippen LogP contribution in [0.2, 0.25) is 0 Å². The highest BCUT2D eigenvalue weighted by molar-refractivity contribution is 14.0. The van der Waals surface area contributed by atoms with Gasteiger partial charge in [0.25, 0.3) is 0 Å². The molecule has 6 nitrogen and oxygen atoms in total. The van der Waals surface area contributed by atoms with E-state index in [2.05, 4.69) is 20.6 Å². The summed E-state index contributed by atoms with van der Waals surface area (Å²) in [6.45, 7) is 4.73. The Morgan fingerprint density at radius 2 is 2.21 bits per heavy atom. The number of aromatic nitrogens is 1. The summed E-state index contributed by atoms with van der Waals surface area (Å²) in [5.74, 6) is 1.19. The van der Waals surface area contributed by atoms with Crippen molar-refractivity contribution in [3.63, 3.8) is 0 Å². The van der Waals surface area contributed by atoms with Gasteiger partial charge in [0.05, 0.1) is 12.6 Å². The molecule has 152 valence electrons. The van der Waals surface area contributed by atoms with Gasteiger partial charge in [-0.05, 0) is 38.0 Å². The third-order valence-electron chi connectivity index (χ3n) is 4.13. The first-order valence-electron chi connectivity index (χ1n) is 9.25. The van der Waals surface area contributed by atoms with Crippen molar-refractivity contribution in [3.05, 3.63) is 54.0 Å². The number of aliphatic imine (C=N–C) groups is 1. The van der Waals surface area contributed by atoms with Crippen LogP contribution >= 0.6 is 24.0 Å². The van der Waals surface area contributed by atoms with Gasteiger partial charge in [-0.15, -0.1) is 24.0 Å². The highest BCUT2D eigenvalue weighted by atomic mass is 127. The first kappa shape index (κ1) is 22.4. The molecule has 1 aromatic carbocycles. The van der Waals surface area contributed by atoms with Crippen LogP contribution in [0.3, 0.4) is 0 Å². The molecular formula is C20H26FIN4O2. The van der Waals surface area contributed by atoms with E-state index in [1.807, 2.05) is 19.1 Å². The summed E-state index contributed by atoms with van der Waals surface area (Å²) >= 11 is 0. The van der Waals surface area contributed by atoms with Gasteiger partial charge in [-0.2, -0.15) is 0 Å². The fourth-order valence-electron chi connectivity index (χ4n) is 2.80. The topological polar surface area (TPSA) is 67.8 Å². The molecule has 0 radical (unpaired) electrons. The van der Waals surface area contributed by atoms with Crippen molar-refractivity contribution < 1.29 is 13.9 Å². The third-order valence-corrected chi connectivity index (χ3v) is 4.13. The van der Waals surface area contributed by atoms with Crippen LogP contribution in [0.4, 0.5) is 4.39 Å². The van der Waals surface area contributed by atoms with Crippen LogP contribution in [0.5, 0.6) is 11.6 Å². The van der Waals surface area contributed by atoms with Crippen LogP contribution in [0.25, 0.3) is 0 Å². The van der Waals surface area contributed by atoms with E-state index in [4.69, 9.17) is 9.47 Å². The van der Waals surface area contributed by atoms with E-state index in [9.17, 15) is 4.39 Å². The molecule has 0 aliphatic carbocycles. The van der Waals surface area contributed by atoms with Gasteiger partial charge in [-0.25, -0.2) is 14.4 Å². The molecule has 28 heavy (non-hydrogen) atoms. The average Bonchev–Trinajstić information content (AvgIpc) is 3.19. The minimum absolute atomic E-state index is 0. The van der Waals surface area contributed by atoms with Crippen molar-refractivity contribution in [2.24, 2.45) is 4.99 Å². The van der Waals surface area contributed by atoms with Crippen LogP contribution in [0.15, 0.2) is 47.6 Å². The SMILES string of the molecule is CCNC(=NCc1cccnc1Oc1cccc(F)c1)NCC1CCCO1.I. The molecule has 1 saturated heterocycles. The number of guanidine groups is 1. The molecule has 1 aliphatic heterocycles. The molecule has 0 spiro atoms. The summed E-state index contributed by atoms with van der Waals surface area (Å²) < 4.78 is 24.7. The Labute approximate surface area is 182 Å². The Bertz CT molecular complexity index is 769. The van der Waals surface area contributed by atoms with Crippen LogP contribution in [0.1, 0.15) is 25.3 Å². The van der Waals surface area contributed by atoms with Crippen LogP contribution in [0, 0.1) is 5.82 Å². The van der Waals surface area contributed by atoms with E-state index in [-0.39, 0.29) is 35.9 Å². The molecule has 8 heteroatoms. The van der Waals surface area contributed by atoms with Crippen LogP contribution < -0.4 is 15.4 Å². The fraction of sp³-hybridized carbons (Fsp3) is 0.400. The Morgan fingerprint density at radius 1 is 1.32 bits per heavy atom. The maximum Gasteiger partial charge on any atom is 0.224 e. The Balaban J connectivity index is 0.00000280. The highest BCUT2D eigenvalue weighted by Crippen LogP contribution is 2.24. The Morgan fingerprint density at radius 3 is 2.96 bits per heavy atom. The quantitative estimate of drug-likeness (QED) is 0.344. The molecule has 1 fully saturated rings. The predicted molar refractivity (Wildman–Crippen MR) is 118 cm³/mol. The minimum Gasteiger partial charge on any atom is -0.439 e. The standard InChI is InChI=1S/C20H25FN4O2.HI/c1-2-22-20(25-14-18-9-5-11-26-18)24-13-15-6-4-10-23-19(15)27-17-8-3-7-16(21)12-17;/h3-4,6-8,10,12,18H,2,5,9,11,13-14H2,1H3,(H2,22,24,25);1H. The molecule has 0 bridgehead atoms. The summed E-state index contributed by atoms with van der Waals surface area (Å²) in [5.41, 5.74) is 0.816. The highest BCUT2D eigenvalue weighted by Gasteiger charge is 2.15. The van der Waals surface area contributed by atoms with E-state index < -0.39 is 0 Å². The zero-order valence-corrected chi connectivity index (χ0v) is 18.2. The lowest BCUT2D eigenvalue weighted by Crippen LogP contribution is -2.41. The Hall–Kier alpha value is -1.94. The molecule has 2 heterocycles. The predicted octanol–water partition coefficient (Wildman–Crippen LogP) is 3.87. The van der Waals surface area contributed by atoms with E-state index in [1.54, 1.807) is 18.3 Å². The van der Waals surface area contributed by atoms with Gasteiger partial charge in [0, 0.05) is 37.5 Å². The zero-order valence-electron chi connectivity index (χ0n) is 15.9. The second-order valence-corrected chi connectivity index (χ2v) is 6.24. The second kappa shape index (κ2) is 11.8. The minimum atomic E-state index is -0.351. The molecule has 1 aliphatic rings. The smallest absolute Gasteiger partial charge is 0.224 e. The molecule has 1 unspecified atom stereocenters. The number of hydrogen-bond donors (Lipinski definition) is 2. The zero-order chi connectivity index (χ0) is 18.9. The van der Waals surface area contributed by atoms with Crippen molar-refractivity contribution in [3.8, 4) is 11.6 Å². The van der Waals surface area contributed by atoms with E-state index in [0.717, 1.165) is 38.1 Å². The van der Waals surface area contributed by atoms with Crippen molar-refractivity contribution >= 4 is 29.9 Å². The van der Waals surface area contributed by atoms with Crippen LogP contribution in [-0.2, 0) is 11.3 Å². The number of rotatable bonds is 7. The summed E-state index contributed by atoms with van der Waals surface area (Å²) in [6.07, 6.45) is 4.05. The van der Waals surface area contributed by atoms with E-state index >= 15 is 0 Å².